The average molecular weight is 789 g/mol. The molecular weight excluding hydrogens is 739 g/mol. The van der Waals surface area contributed by atoms with E-state index in [1.54, 1.807) is 0 Å². The number of nitrogens with zero attached hydrogens (tertiary/aromatic N) is 1. The molecule has 8 aromatic carbocycles. The van der Waals surface area contributed by atoms with Gasteiger partial charge in [-0.15, -0.1) is 0 Å². The molecule has 3 heterocycles. The van der Waals surface area contributed by atoms with Gasteiger partial charge in [-0.1, -0.05) is 146 Å². The fourth-order valence-corrected chi connectivity index (χ4v) is 10.7. The fourth-order valence-electron chi connectivity index (χ4n) is 10.7. The number of fused-ring (bicyclic) bond motifs is 13. The maximum atomic E-state index is 7.01. The van der Waals surface area contributed by atoms with Gasteiger partial charge >= 0.3 is 0 Å². The van der Waals surface area contributed by atoms with Gasteiger partial charge in [-0.3, -0.25) is 0 Å². The first-order valence-electron chi connectivity index (χ1n) is 21.9. The maximum Gasteiger partial charge on any atom is 0.198 e. The predicted molar refractivity (Wildman–Crippen MR) is 262 cm³/mol. The lowest BCUT2D eigenvalue weighted by atomic mass is 9.58. The summed E-state index contributed by atoms with van der Waals surface area (Å²) in [7, 11) is 0.789. The van der Waals surface area contributed by atoms with Gasteiger partial charge in [-0.2, -0.15) is 0 Å². The van der Waals surface area contributed by atoms with Gasteiger partial charge < -0.3 is 14.3 Å². The van der Waals surface area contributed by atoms with E-state index in [-0.39, 0.29) is 16.2 Å². The van der Waals surface area contributed by atoms with E-state index in [2.05, 4.69) is 205 Å². The van der Waals surface area contributed by atoms with Crippen molar-refractivity contribution in [3.63, 3.8) is 0 Å². The molecule has 0 unspecified atom stereocenters. The molecule has 2 aliphatic rings. The Morgan fingerprint density at radius 3 is 2.07 bits per heavy atom. The standard InChI is InChI=1S/C57H49BN2O/c1-55(2,3)34-21-24-49-41(27-34)43-28-35(56(4,5)6)29-47-52(43)60(49)53-51(58-47)42(31-44-38-18-12-14-20-50(38)61-54(44)53)40-25-32-15-9-10-16-33(32)26-48(40)59-36-22-23-46-39(30-36)37-17-11-13-19-45(37)57(46,7)8/h9-31,58-59H,1-8H3. The molecule has 10 aromatic rings. The Hall–Kier alpha value is -6.52. The van der Waals surface area contributed by atoms with Crippen LogP contribution in [0.4, 0.5) is 11.4 Å². The summed E-state index contributed by atoms with van der Waals surface area (Å²) in [5.41, 5.74) is 20.8. The molecule has 296 valence electrons. The van der Waals surface area contributed by atoms with Gasteiger partial charge in [-0.05, 0) is 121 Å². The Labute approximate surface area is 358 Å². The van der Waals surface area contributed by atoms with E-state index in [0.717, 1.165) is 46.3 Å². The number of nitrogens with one attached hydrogen (secondary N) is 1. The molecule has 1 aliphatic carbocycles. The molecule has 0 fully saturated rings. The second-order valence-corrected chi connectivity index (χ2v) is 20.3. The van der Waals surface area contributed by atoms with Gasteiger partial charge in [0.05, 0.1) is 11.2 Å². The van der Waals surface area contributed by atoms with Crippen molar-refractivity contribution in [2.75, 3.05) is 5.32 Å². The topological polar surface area (TPSA) is 30.1 Å². The summed E-state index contributed by atoms with van der Waals surface area (Å²) >= 11 is 0. The number of furan rings is 1. The summed E-state index contributed by atoms with van der Waals surface area (Å²) in [4.78, 5) is 0. The van der Waals surface area contributed by atoms with Gasteiger partial charge in [0, 0.05) is 49.4 Å². The summed E-state index contributed by atoms with van der Waals surface area (Å²) in [6.45, 7) is 18.7. The van der Waals surface area contributed by atoms with Crippen LogP contribution < -0.4 is 16.2 Å². The molecular formula is C57H49BN2O. The Balaban J connectivity index is 1.16. The van der Waals surface area contributed by atoms with Gasteiger partial charge in [-0.25, -0.2) is 0 Å². The highest BCUT2D eigenvalue weighted by Gasteiger charge is 2.36. The highest BCUT2D eigenvalue weighted by Crippen LogP contribution is 2.50. The molecule has 61 heavy (non-hydrogen) atoms. The molecule has 2 aromatic heterocycles. The molecule has 0 amide bonds. The molecule has 12 rings (SSSR count). The summed E-state index contributed by atoms with van der Waals surface area (Å²) in [5, 5.41) is 11.3. The molecule has 0 saturated carbocycles. The van der Waals surface area contributed by atoms with Gasteiger partial charge in [0.25, 0.3) is 0 Å². The minimum Gasteiger partial charge on any atom is -0.454 e. The first-order valence-corrected chi connectivity index (χ1v) is 21.9. The van der Waals surface area contributed by atoms with Crippen molar-refractivity contribution in [1.82, 2.24) is 4.57 Å². The summed E-state index contributed by atoms with van der Waals surface area (Å²) in [6, 6.07) is 52.5. The minimum absolute atomic E-state index is 0.0161. The zero-order chi connectivity index (χ0) is 41.7. The first-order chi connectivity index (χ1) is 29.2. The van der Waals surface area contributed by atoms with Gasteiger partial charge in [0.2, 0.25) is 0 Å². The van der Waals surface area contributed by atoms with Crippen LogP contribution in [0.15, 0.2) is 144 Å². The number of hydrogen-bond acceptors (Lipinski definition) is 2. The monoisotopic (exact) mass is 788 g/mol. The number of aromatic nitrogens is 1. The Morgan fingerprint density at radius 2 is 1.26 bits per heavy atom. The average Bonchev–Trinajstić information content (AvgIpc) is 3.85. The van der Waals surface area contributed by atoms with E-state index in [1.807, 2.05) is 0 Å². The molecule has 0 atom stereocenters. The third-order valence-electron chi connectivity index (χ3n) is 14.1. The molecule has 4 heteroatoms. The fraction of sp³-hybridized carbons (Fsp3) is 0.193. The SMILES string of the molecule is CC(C)(C)c1ccc2c(c1)c1cc(C(C)(C)C)cc3c1n2-c1c(c(-c2cc4ccccc4cc2Nc2ccc4c(c2)-c2ccccc2C4(C)C)cc2c1oc1ccccc12)B3. The quantitative estimate of drug-likeness (QED) is 0.181. The summed E-state index contributed by atoms with van der Waals surface area (Å²) in [5.74, 6) is 0. The van der Waals surface area contributed by atoms with E-state index in [1.165, 1.54) is 88.0 Å². The molecule has 0 saturated heterocycles. The second-order valence-electron chi connectivity index (χ2n) is 20.3. The molecule has 0 radical (unpaired) electrons. The largest absolute Gasteiger partial charge is 0.454 e. The zero-order valence-electron chi connectivity index (χ0n) is 36.3. The van der Waals surface area contributed by atoms with E-state index >= 15 is 0 Å². The second kappa shape index (κ2) is 12.3. The molecule has 0 spiro atoms. The first kappa shape index (κ1) is 36.3. The van der Waals surface area contributed by atoms with Crippen LogP contribution in [0, 0.1) is 0 Å². The predicted octanol–water partition coefficient (Wildman–Crippen LogP) is 13.8. The number of benzene rings is 8. The van der Waals surface area contributed by atoms with Crippen molar-refractivity contribution in [2.45, 2.75) is 71.6 Å². The van der Waals surface area contributed by atoms with Crippen molar-refractivity contribution >= 4 is 84.1 Å². The van der Waals surface area contributed by atoms with Crippen molar-refractivity contribution in [3.05, 3.63) is 162 Å². The lowest BCUT2D eigenvalue weighted by Crippen LogP contribution is -2.38. The number of anilines is 2. The molecule has 1 N–H and O–H groups in total. The van der Waals surface area contributed by atoms with Crippen LogP contribution in [0.2, 0.25) is 0 Å². The maximum absolute atomic E-state index is 7.01. The highest BCUT2D eigenvalue weighted by molar-refractivity contribution is 6.74. The van der Waals surface area contributed by atoms with E-state index in [4.69, 9.17) is 4.42 Å². The van der Waals surface area contributed by atoms with Crippen LogP contribution in [0.3, 0.4) is 0 Å². The third kappa shape index (κ3) is 5.24. The van der Waals surface area contributed by atoms with Gasteiger partial charge in [0.1, 0.15) is 5.58 Å². The molecule has 1 aliphatic heterocycles. The van der Waals surface area contributed by atoms with Crippen molar-refractivity contribution in [3.8, 4) is 27.9 Å². The lowest BCUT2D eigenvalue weighted by molar-refractivity contribution is 0.590. The minimum atomic E-state index is -0.0497. The molecule has 0 bridgehead atoms. The van der Waals surface area contributed by atoms with Crippen molar-refractivity contribution in [1.29, 1.82) is 0 Å². The Bertz CT molecular complexity index is 3530. The number of para-hydroxylation sites is 1. The highest BCUT2D eigenvalue weighted by atomic mass is 16.3. The van der Waals surface area contributed by atoms with Crippen LogP contribution in [0.5, 0.6) is 0 Å². The Kier molecular flexibility index (Phi) is 7.32. The third-order valence-corrected chi connectivity index (χ3v) is 14.1. The van der Waals surface area contributed by atoms with Crippen molar-refractivity contribution in [2.24, 2.45) is 0 Å². The lowest BCUT2D eigenvalue weighted by Gasteiger charge is -2.27. The van der Waals surface area contributed by atoms with Crippen LogP contribution in [-0.4, -0.2) is 11.8 Å². The zero-order valence-corrected chi connectivity index (χ0v) is 36.3. The summed E-state index contributed by atoms with van der Waals surface area (Å²) < 4.78 is 9.57. The summed E-state index contributed by atoms with van der Waals surface area (Å²) in [6.07, 6.45) is 0. The normalized spacial score (nSPS) is 14.2. The van der Waals surface area contributed by atoms with Crippen molar-refractivity contribution < 1.29 is 4.42 Å². The van der Waals surface area contributed by atoms with Crippen LogP contribution in [-0.2, 0) is 16.2 Å². The van der Waals surface area contributed by atoms with E-state index < -0.39 is 0 Å². The van der Waals surface area contributed by atoms with Crippen LogP contribution in [0.25, 0.3) is 82.5 Å². The van der Waals surface area contributed by atoms with Crippen LogP contribution in [0.1, 0.15) is 77.6 Å². The number of rotatable bonds is 3. The van der Waals surface area contributed by atoms with Gasteiger partial charge in [0.15, 0.2) is 12.9 Å². The molecule has 3 nitrogen and oxygen atoms in total. The van der Waals surface area contributed by atoms with Crippen LogP contribution >= 0.6 is 0 Å². The number of hydrogen-bond donors (Lipinski definition) is 1. The van der Waals surface area contributed by atoms with E-state index in [9.17, 15) is 0 Å². The van der Waals surface area contributed by atoms with E-state index in [0.29, 0.717) is 0 Å². The smallest absolute Gasteiger partial charge is 0.198 e. The Morgan fingerprint density at radius 1 is 0.557 bits per heavy atom.